The van der Waals surface area contributed by atoms with Crippen LogP contribution in [0.4, 0.5) is 0 Å². The second-order valence-electron chi connectivity index (χ2n) is 5.59. The monoisotopic (exact) mass is 329 g/mol. The molecule has 0 radical (unpaired) electrons. The Morgan fingerprint density at radius 3 is 2.52 bits per heavy atom. The van der Waals surface area contributed by atoms with Crippen molar-refractivity contribution in [1.29, 1.82) is 0 Å². The topological polar surface area (TPSA) is 66.4 Å². The third-order valence-corrected chi connectivity index (χ3v) is 6.59. The Labute approximate surface area is 131 Å². The molecule has 4 nitrogen and oxygen atoms in total. The summed E-state index contributed by atoms with van der Waals surface area (Å²) in [7, 11) is -3.47. The third kappa shape index (κ3) is 4.45. The van der Waals surface area contributed by atoms with Crippen LogP contribution in [0.5, 0.6) is 0 Å². The Balaban J connectivity index is 2.07. The van der Waals surface area contributed by atoms with Crippen LogP contribution in [0.2, 0.25) is 0 Å². The number of hydrogen-bond acceptors (Lipinski definition) is 4. The van der Waals surface area contributed by atoms with E-state index in [4.69, 9.17) is 0 Å². The predicted octanol–water partition coefficient (Wildman–Crippen LogP) is 2.69. The quantitative estimate of drug-likeness (QED) is 0.871. The number of nitrogens with one attached hydrogen (secondary N) is 1. The van der Waals surface area contributed by atoms with Crippen LogP contribution < -0.4 is 4.72 Å². The van der Waals surface area contributed by atoms with Crippen molar-refractivity contribution < 1.29 is 13.5 Å². The van der Waals surface area contributed by atoms with Gasteiger partial charge in [-0.05, 0) is 50.1 Å². The molecule has 0 aromatic heterocycles. The normalized spacial score (nSPS) is 24.7. The second kappa shape index (κ2) is 7.13. The van der Waals surface area contributed by atoms with E-state index in [2.05, 4.69) is 11.0 Å². The Hall–Kier alpha value is -0.560. The highest BCUT2D eigenvalue weighted by Crippen LogP contribution is 2.28. The van der Waals surface area contributed by atoms with Crippen LogP contribution in [-0.2, 0) is 10.0 Å². The van der Waals surface area contributed by atoms with Crippen molar-refractivity contribution in [1.82, 2.24) is 4.72 Å². The Morgan fingerprint density at radius 2 is 1.95 bits per heavy atom. The van der Waals surface area contributed by atoms with Gasteiger partial charge in [0, 0.05) is 11.3 Å². The first-order chi connectivity index (χ1) is 9.92. The molecule has 6 heteroatoms. The maximum atomic E-state index is 12.4. The largest absolute Gasteiger partial charge is 0.389 e. The van der Waals surface area contributed by atoms with E-state index in [1.54, 1.807) is 31.2 Å². The smallest absolute Gasteiger partial charge is 0.240 e. The van der Waals surface area contributed by atoms with Crippen molar-refractivity contribution in [2.45, 2.75) is 54.9 Å². The number of sulfonamides is 1. The molecule has 0 spiro atoms. The average molecular weight is 329 g/mol. The van der Waals surface area contributed by atoms with Crippen molar-refractivity contribution in [2.75, 3.05) is 6.26 Å². The molecule has 1 aliphatic rings. The molecule has 2 N–H and O–H groups in total. The second-order valence-corrected chi connectivity index (χ2v) is 8.44. The molecule has 1 fully saturated rings. The highest BCUT2D eigenvalue weighted by Gasteiger charge is 2.26. The van der Waals surface area contributed by atoms with Crippen LogP contribution >= 0.6 is 11.8 Å². The van der Waals surface area contributed by atoms with Gasteiger partial charge in [0.25, 0.3) is 0 Å². The molecular formula is C15H23NO3S2. The third-order valence-electron chi connectivity index (χ3n) is 3.95. The first-order valence-electron chi connectivity index (χ1n) is 7.25. The summed E-state index contributed by atoms with van der Waals surface area (Å²) >= 11 is 1.81. The van der Waals surface area contributed by atoms with Crippen molar-refractivity contribution in [3.8, 4) is 0 Å². The van der Waals surface area contributed by atoms with E-state index in [1.165, 1.54) is 6.42 Å². The zero-order chi connectivity index (χ0) is 15.5. The molecule has 1 aliphatic carbocycles. The van der Waals surface area contributed by atoms with E-state index in [-0.39, 0.29) is 10.9 Å². The summed E-state index contributed by atoms with van der Waals surface area (Å²) in [5.41, 5.74) is 0.717. The summed E-state index contributed by atoms with van der Waals surface area (Å²) in [6.07, 6.45) is 5.53. The fourth-order valence-corrected chi connectivity index (χ4v) is 4.79. The highest BCUT2D eigenvalue weighted by molar-refractivity contribution is 7.99. The van der Waals surface area contributed by atoms with Gasteiger partial charge in [-0.2, -0.15) is 11.8 Å². The van der Waals surface area contributed by atoms with E-state index >= 15 is 0 Å². The van der Waals surface area contributed by atoms with Gasteiger partial charge in [0.1, 0.15) is 0 Å². The van der Waals surface area contributed by atoms with E-state index in [0.29, 0.717) is 10.8 Å². The molecular weight excluding hydrogens is 306 g/mol. The lowest BCUT2D eigenvalue weighted by Crippen LogP contribution is -2.39. The molecule has 1 aromatic rings. The zero-order valence-corrected chi connectivity index (χ0v) is 14.1. The molecule has 0 heterocycles. The van der Waals surface area contributed by atoms with Crippen molar-refractivity contribution in [2.24, 2.45) is 0 Å². The SMILES string of the molecule is CSC1CCCC(NS(=O)(=O)c2ccc(C(C)O)cc2)C1. The molecule has 118 valence electrons. The van der Waals surface area contributed by atoms with Crippen molar-refractivity contribution in [3.63, 3.8) is 0 Å². The van der Waals surface area contributed by atoms with Gasteiger partial charge in [0.2, 0.25) is 10.0 Å². The fourth-order valence-electron chi connectivity index (χ4n) is 2.68. The predicted molar refractivity (Wildman–Crippen MR) is 87.0 cm³/mol. The minimum Gasteiger partial charge on any atom is -0.389 e. The van der Waals surface area contributed by atoms with E-state index in [1.807, 2.05) is 11.8 Å². The van der Waals surface area contributed by atoms with Gasteiger partial charge in [-0.25, -0.2) is 13.1 Å². The van der Waals surface area contributed by atoms with E-state index in [0.717, 1.165) is 19.3 Å². The van der Waals surface area contributed by atoms with Crippen molar-refractivity contribution >= 4 is 21.8 Å². The molecule has 0 saturated heterocycles. The number of aliphatic hydroxyl groups excluding tert-OH is 1. The lowest BCUT2D eigenvalue weighted by molar-refractivity contribution is 0.199. The summed E-state index contributed by atoms with van der Waals surface area (Å²) in [5.74, 6) is 0. The van der Waals surface area contributed by atoms with Crippen LogP contribution in [-0.4, -0.2) is 31.1 Å². The molecule has 1 saturated carbocycles. The van der Waals surface area contributed by atoms with E-state index < -0.39 is 16.1 Å². The average Bonchev–Trinajstić information content (AvgIpc) is 2.47. The molecule has 1 aromatic carbocycles. The summed E-state index contributed by atoms with van der Waals surface area (Å²) < 4.78 is 27.6. The van der Waals surface area contributed by atoms with E-state index in [9.17, 15) is 13.5 Å². The number of benzene rings is 1. The molecule has 3 atom stereocenters. The fraction of sp³-hybridized carbons (Fsp3) is 0.600. The summed E-state index contributed by atoms with van der Waals surface area (Å²) in [4.78, 5) is 0.262. The van der Waals surface area contributed by atoms with Crippen LogP contribution in [0, 0.1) is 0 Å². The minimum atomic E-state index is -3.47. The Bertz CT molecular complexity index is 555. The molecule has 0 aliphatic heterocycles. The van der Waals surface area contributed by atoms with Gasteiger partial charge in [0.05, 0.1) is 11.0 Å². The van der Waals surface area contributed by atoms with Crippen LogP contribution in [0.15, 0.2) is 29.2 Å². The molecule has 0 bridgehead atoms. The molecule has 3 unspecified atom stereocenters. The number of thioether (sulfide) groups is 1. The Kier molecular flexibility index (Phi) is 5.71. The van der Waals surface area contributed by atoms with Gasteiger partial charge in [-0.1, -0.05) is 18.6 Å². The standard InChI is InChI=1S/C15H23NO3S2/c1-11(17)12-6-8-15(9-7-12)21(18,19)16-13-4-3-5-14(10-13)20-2/h6-9,11,13-14,16-17H,3-5,10H2,1-2H3. The number of aliphatic hydroxyl groups is 1. The van der Waals surface area contributed by atoms with Gasteiger partial charge in [-0.3, -0.25) is 0 Å². The molecule has 2 rings (SSSR count). The molecule has 21 heavy (non-hydrogen) atoms. The molecule has 0 amide bonds. The van der Waals surface area contributed by atoms with Crippen LogP contribution in [0.1, 0.15) is 44.3 Å². The van der Waals surface area contributed by atoms with Crippen LogP contribution in [0.3, 0.4) is 0 Å². The summed E-state index contributed by atoms with van der Waals surface area (Å²) in [6, 6.07) is 6.45. The summed E-state index contributed by atoms with van der Waals surface area (Å²) in [6.45, 7) is 1.66. The van der Waals surface area contributed by atoms with Gasteiger partial charge in [-0.15, -0.1) is 0 Å². The maximum absolute atomic E-state index is 12.4. The zero-order valence-electron chi connectivity index (χ0n) is 12.5. The summed E-state index contributed by atoms with van der Waals surface area (Å²) in [5, 5.41) is 10.0. The first-order valence-corrected chi connectivity index (χ1v) is 10.0. The van der Waals surface area contributed by atoms with Gasteiger partial charge < -0.3 is 5.11 Å². The van der Waals surface area contributed by atoms with Gasteiger partial charge >= 0.3 is 0 Å². The van der Waals surface area contributed by atoms with Crippen molar-refractivity contribution in [3.05, 3.63) is 29.8 Å². The van der Waals surface area contributed by atoms with Crippen LogP contribution in [0.25, 0.3) is 0 Å². The first kappa shape index (κ1) is 16.8. The lowest BCUT2D eigenvalue weighted by atomic mass is 9.96. The number of rotatable bonds is 5. The van der Waals surface area contributed by atoms with Gasteiger partial charge in [0.15, 0.2) is 0 Å². The maximum Gasteiger partial charge on any atom is 0.240 e. The number of hydrogen-bond donors (Lipinski definition) is 2. The minimum absolute atomic E-state index is 0.0256. The highest BCUT2D eigenvalue weighted by atomic mass is 32.2. The lowest BCUT2D eigenvalue weighted by Gasteiger charge is -2.28. The Morgan fingerprint density at radius 1 is 1.29 bits per heavy atom.